The minimum Gasteiger partial charge on any atom is -0.381 e. The summed E-state index contributed by atoms with van der Waals surface area (Å²) in [4.78, 5) is 27.2. The van der Waals surface area contributed by atoms with Crippen molar-refractivity contribution in [2.24, 2.45) is 34.5 Å². The molecule has 5 nitrogen and oxygen atoms in total. The summed E-state index contributed by atoms with van der Waals surface area (Å²) in [5.74, 6) is 1.77. The van der Waals surface area contributed by atoms with Gasteiger partial charge in [0.1, 0.15) is 0 Å². The van der Waals surface area contributed by atoms with Crippen LogP contribution in [-0.2, 0) is 14.3 Å². The van der Waals surface area contributed by atoms with Crippen molar-refractivity contribution in [2.45, 2.75) is 60.3 Å². The molecule has 4 atom stereocenters. The molecule has 2 saturated heterocycles. The first-order valence-corrected chi connectivity index (χ1v) is 10.7. The number of nitrogens with one attached hydrogen (secondary N) is 1. The fourth-order valence-corrected chi connectivity index (χ4v) is 4.52. The van der Waals surface area contributed by atoms with Crippen molar-refractivity contribution >= 4 is 11.8 Å². The molecule has 3 rings (SSSR count). The third kappa shape index (κ3) is 5.04. The Morgan fingerprint density at radius 1 is 1.19 bits per heavy atom. The zero-order valence-electron chi connectivity index (χ0n) is 17.8. The summed E-state index contributed by atoms with van der Waals surface area (Å²) in [5, 5.41) is 3.18. The first-order chi connectivity index (χ1) is 12.6. The van der Waals surface area contributed by atoms with Gasteiger partial charge < -0.3 is 15.0 Å². The van der Waals surface area contributed by atoms with Crippen LogP contribution in [0, 0.1) is 34.5 Å². The zero-order chi connectivity index (χ0) is 19.8. The molecule has 5 heteroatoms. The Morgan fingerprint density at radius 3 is 2.33 bits per heavy atom. The predicted octanol–water partition coefficient (Wildman–Crippen LogP) is 3.09. The smallest absolute Gasteiger partial charge is 0.226 e. The summed E-state index contributed by atoms with van der Waals surface area (Å²) in [6, 6.07) is 0. The van der Waals surface area contributed by atoms with Gasteiger partial charge in [0.2, 0.25) is 11.8 Å². The number of hydrogen-bond donors (Lipinski definition) is 1. The second-order valence-electron chi connectivity index (χ2n) is 10.7. The average molecular weight is 379 g/mol. The second kappa shape index (κ2) is 7.73. The summed E-state index contributed by atoms with van der Waals surface area (Å²) in [5.41, 5.74) is 0.366. The minimum absolute atomic E-state index is 0.0611. The quantitative estimate of drug-likeness (QED) is 0.773. The van der Waals surface area contributed by atoms with Gasteiger partial charge in [-0.15, -0.1) is 0 Å². The molecule has 1 saturated carbocycles. The Labute approximate surface area is 164 Å². The highest BCUT2D eigenvalue weighted by Crippen LogP contribution is 2.52. The molecule has 0 radical (unpaired) electrons. The van der Waals surface area contributed by atoms with Gasteiger partial charge in [-0.3, -0.25) is 9.59 Å². The van der Waals surface area contributed by atoms with Crippen LogP contribution < -0.4 is 5.32 Å². The fourth-order valence-electron chi connectivity index (χ4n) is 4.52. The fraction of sp³-hybridized carbons (Fsp3) is 0.909. The van der Waals surface area contributed by atoms with Gasteiger partial charge >= 0.3 is 0 Å². The molecule has 2 heterocycles. The molecular weight excluding hydrogens is 340 g/mol. The normalized spacial score (nSPS) is 30.6. The molecule has 0 aromatic rings. The van der Waals surface area contributed by atoms with Gasteiger partial charge in [0.25, 0.3) is 0 Å². The van der Waals surface area contributed by atoms with E-state index in [-0.39, 0.29) is 28.6 Å². The molecule has 2 unspecified atom stereocenters. The summed E-state index contributed by atoms with van der Waals surface area (Å²) >= 11 is 0. The zero-order valence-corrected chi connectivity index (χ0v) is 17.8. The van der Waals surface area contributed by atoms with Crippen LogP contribution in [0.4, 0.5) is 0 Å². The van der Waals surface area contributed by atoms with Crippen LogP contribution in [-0.4, -0.2) is 49.6 Å². The standard InChI is InChI=1S/C22H38N2O3/c1-15(6-7-21(2,3)4)19(25)23-14-22(5)8-10-24(11-9-22)20(26)18-16-12-27-13-17(16)18/h15-18H,6-14H2,1-5H3,(H,23,25)/t15?,16-,17+,18?. The van der Waals surface area contributed by atoms with Gasteiger partial charge in [-0.25, -0.2) is 0 Å². The molecule has 0 aromatic carbocycles. The number of carbonyl (C=O) groups excluding carboxylic acids is 2. The van der Waals surface area contributed by atoms with E-state index in [1.807, 2.05) is 6.92 Å². The van der Waals surface area contributed by atoms with Gasteiger partial charge in [0, 0.05) is 31.5 Å². The van der Waals surface area contributed by atoms with Gasteiger partial charge in [-0.05, 0) is 48.3 Å². The predicted molar refractivity (Wildman–Crippen MR) is 106 cm³/mol. The molecule has 3 fully saturated rings. The van der Waals surface area contributed by atoms with Crippen LogP contribution in [0.3, 0.4) is 0 Å². The highest BCUT2D eigenvalue weighted by molar-refractivity contribution is 5.82. The lowest BCUT2D eigenvalue weighted by Gasteiger charge is -2.40. The number of likely N-dealkylation sites (tertiary alicyclic amines) is 1. The maximum absolute atomic E-state index is 12.7. The largest absolute Gasteiger partial charge is 0.381 e. The van der Waals surface area contributed by atoms with Gasteiger partial charge in [-0.2, -0.15) is 0 Å². The Morgan fingerprint density at radius 2 is 1.78 bits per heavy atom. The van der Waals surface area contributed by atoms with E-state index in [0.717, 1.165) is 58.5 Å². The summed E-state index contributed by atoms with van der Waals surface area (Å²) in [6.07, 6.45) is 3.92. The second-order valence-corrected chi connectivity index (χ2v) is 10.7. The molecular formula is C22H38N2O3. The minimum atomic E-state index is 0.0611. The number of nitrogens with zero attached hydrogens (tertiary/aromatic N) is 1. The van der Waals surface area contributed by atoms with Crippen molar-refractivity contribution in [1.29, 1.82) is 0 Å². The van der Waals surface area contributed by atoms with E-state index < -0.39 is 0 Å². The third-order valence-corrected chi connectivity index (χ3v) is 6.98. The first kappa shape index (κ1) is 20.6. The highest BCUT2D eigenvalue weighted by atomic mass is 16.5. The number of amides is 2. The van der Waals surface area contributed by atoms with Crippen molar-refractivity contribution in [1.82, 2.24) is 10.2 Å². The molecule has 0 bridgehead atoms. The maximum atomic E-state index is 12.7. The van der Waals surface area contributed by atoms with E-state index in [1.165, 1.54) is 0 Å². The van der Waals surface area contributed by atoms with E-state index in [4.69, 9.17) is 4.74 Å². The molecule has 2 amide bonds. The first-order valence-electron chi connectivity index (χ1n) is 10.7. The summed E-state index contributed by atoms with van der Waals surface area (Å²) in [7, 11) is 0. The molecule has 2 aliphatic heterocycles. The Bertz CT molecular complexity index is 550. The number of carbonyl (C=O) groups is 2. The topological polar surface area (TPSA) is 58.6 Å². The molecule has 3 aliphatic rings. The molecule has 0 spiro atoms. The van der Waals surface area contributed by atoms with E-state index >= 15 is 0 Å². The van der Waals surface area contributed by atoms with Crippen LogP contribution >= 0.6 is 0 Å². The van der Waals surface area contributed by atoms with Crippen molar-refractivity contribution in [3.63, 3.8) is 0 Å². The molecule has 154 valence electrons. The Hall–Kier alpha value is -1.10. The SMILES string of the molecule is CC(CCC(C)(C)C)C(=O)NCC1(C)CCN(C(=O)C2[C@H]3COC[C@@H]23)CC1. The lowest BCUT2D eigenvalue weighted by atomic mass is 9.80. The van der Waals surface area contributed by atoms with Crippen LogP contribution in [0.2, 0.25) is 0 Å². The maximum Gasteiger partial charge on any atom is 0.226 e. The monoisotopic (exact) mass is 378 g/mol. The molecule has 1 aliphatic carbocycles. The number of hydrogen-bond acceptors (Lipinski definition) is 3. The van der Waals surface area contributed by atoms with Gasteiger partial charge in [0.05, 0.1) is 13.2 Å². The van der Waals surface area contributed by atoms with Gasteiger partial charge in [-0.1, -0.05) is 34.6 Å². The number of piperidine rings is 1. The molecule has 1 N–H and O–H groups in total. The highest BCUT2D eigenvalue weighted by Gasteiger charge is 2.59. The van der Waals surface area contributed by atoms with Crippen molar-refractivity contribution in [3.8, 4) is 0 Å². The lowest BCUT2D eigenvalue weighted by molar-refractivity contribution is -0.136. The van der Waals surface area contributed by atoms with Crippen LogP contribution in [0.25, 0.3) is 0 Å². The van der Waals surface area contributed by atoms with Crippen LogP contribution in [0.5, 0.6) is 0 Å². The van der Waals surface area contributed by atoms with Crippen molar-refractivity contribution in [3.05, 3.63) is 0 Å². The van der Waals surface area contributed by atoms with Crippen LogP contribution in [0.1, 0.15) is 60.3 Å². The number of fused-ring (bicyclic) bond motifs is 1. The van der Waals surface area contributed by atoms with E-state index in [1.54, 1.807) is 0 Å². The average Bonchev–Trinajstić information content (AvgIpc) is 3.08. The summed E-state index contributed by atoms with van der Waals surface area (Å²) < 4.78 is 5.41. The third-order valence-electron chi connectivity index (χ3n) is 6.98. The van der Waals surface area contributed by atoms with Gasteiger partial charge in [0.15, 0.2) is 0 Å². The van der Waals surface area contributed by atoms with Crippen molar-refractivity contribution in [2.75, 3.05) is 32.8 Å². The number of rotatable bonds is 6. The molecule has 27 heavy (non-hydrogen) atoms. The van der Waals surface area contributed by atoms with E-state index in [0.29, 0.717) is 17.7 Å². The summed E-state index contributed by atoms with van der Waals surface area (Å²) in [6.45, 7) is 14.8. The van der Waals surface area contributed by atoms with Crippen LogP contribution in [0.15, 0.2) is 0 Å². The number of ether oxygens (including phenoxy) is 1. The lowest BCUT2D eigenvalue weighted by Crippen LogP contribution is -2.48. The Balaban J connectivity index is 1.39. The van der Waals surface area contributed by atoms with E-state index in [2.05, 4.69) is 37.9 Å². The van der Waals surface area contributed by atoms with E-state index in [9.17, 15) is 9.59 Å². The van der Waals surface area contributed by atoms with Crippen molar-refractivity contribution < 1.29 is 14.3 Å². The Kier molecular flexibility index (Phi) is 5.90. The molecule has 0 aromatic heterocycles.